The molecule has 3 rings (SSSR count). The number of alkyl halides is 2. The molecule has 0 spiro atoms. The Balaban J connectivity index is 1.77. The smallest absolute Gasteiger partial charge is 0.387 e. The number of fused-ring (bicyclic) bond motifs is 1. The molecule has 1 aliphatic rings. The van der Waals surface area contributed by atoms with E-state index in [1.807, 2.05) is 0 Å². The summed E-state index contributed by atoms with van der Waals surface area (Å²) >= 11 is 0. The molecule has 9 heteroatoms. The van der Waals surface area contributed by atoms with Crippen molar-refractivity contribution < 1.29 is 26.7 Å². The first kappa shape index (κ1) is 18.3. The Kier molecular flexibility index (Phi) is 5.19. The van der Waals surface area contributed by atoms with Crippen LogP contribution in [0.25, 0.3) is 0 Å². The van der Waals surface area contributed by atoms with Crippen LogP contribution >= 0.6 is 0 Å². The number of aryl methyl sites for hydroxylation is 1. The number of ether oxygens (including phenoxy) is 1. The third-order valence-corrected chi connectivity index (χ3v) is 5.32. The molecule has 0 radical (unpaired) electrons. The van der Waals surface area contributed by atoms with Gasteiger partial charge in [0.1, 0.15) is 5.75 Å². The zero-order chi connectivity index (χ0) is 18.7. The van der Waals surface area contributed by atoms with Gasteiger partial charge in [-0.3, -0.25) is 4.79 Å². The van der Waals surface area contributed by atoms with Crippen molar-refractivity contribution in [3.63, 3.8) is 0 Å². The Morgan fingerprint density at radius 1 is 1.15 bits per heavy atom. The van der Waals surface area contributed by atoms with E-state index < -0.39 is 16.6 Å². The Labute approximate surface area is 149 Å². The van der Waals surface area contributed by atoms with Gasteiger partial charge in [0.15, 0.2) is 0 Å². The van der Waals surface area contributed by atoms with Crippen LogP contribution in [0.4, 0.5) is 14.5 Å². The highest BCUT2D eigenvalue weighted by Gasteiger charge is 2.20. The largest absolute Gasteiger partial charge is 0.434 e. The number of amides is 1. The average Bonchev–Trinajstić information content (AvgIpc) is 2.60. The predicted molar refractivity (Wildman–Crippen MR) is 90.5 cm³/mol. The number of carbonyl (C=O) groups is 1. The minimum atomic E-state index is -3.86. The summed E-state index contributed by atoms with van der Waals surface area (Å²) in [5.41, 5.74) is 1.62. The van der Waals surface area contributed by atoms with Crippen LogP contribution in [0.5, 0.6) is 5.75 Å². The number of hydrogen-bond donors (Lipinski definition) is 2. The highest BCUT2D eigenvalue weighted by molar-refractivity contribution is 7.89. The molecule has 0 saturated carbocycles. The van der Waals surface area contributed by atoms with Gasteiger partial charge in [0.05, 0.1) is 4.90 Å². The van der Waals surface area contributed by atoms with Crippen LogP contribution < -0.4 is 14.8 Å². The van der Waals surface area contributed by atoms with Gasteiger partial charge in [-0.05, 0) is 36.2 Å². The second-order valence-electron chi connectivity index (χ2n) is 5.68. The van der Waals surface area contributed by atoms with E-state index in [9.17, 15) is 22.0 Å². The Bertz CT molecular complexity index is 932. The lowest BCUT2D eigenvalue weighted by Crippen LogP contribution is -2.25. The summed E-state index contributed by atoms with van der Waals surface area (Å²) in [6.07, 6.45) is 0.748. The van der Waals surface area contributed by atoms with Gasteiger partial charge in [-0.2, -0.15) is 8.78 Å². The maximum atomic E-state index is 12.5. The summed E-state index contributed by atoms with van der Waals surface area (Å²) in [6, 6.07) is 10.4. The number of carbonyl (C=O) groups excluding carboxylic acids is 1. The molecule has 2 aromatic carbocycles. The number of hydrogen-bond acceptors (Lipinski definition) is 4. The molecule has 0 fully saturated rings. The molecule has 26 heavy (non-hydrogen) atoms. The van der Waals surface area contributed by atoms with Crippen molar-refractivity contribution in [2.24, 2.45) is 0 Å². The molecule has 0 unspecified atom stereocenters. The van der Waals surface area contributed by atoms with Crippen LogP contribution in [0.1, 0.15) is 17.5 Å². The fourth-order valence-corrected chi connectivity index (χ4v) is 3.70. The van der Waals surface area contributed by atoms with Crippen molar-refractivity contribution in [3.8, 4) is 5.75 Å². The fourth-order valence-electron chi connectivity index (χ4n) is 2.64. The fraction of sp³-hybridized carbons (Fsp3) is 0.235. The molecule has 1 aliphatic heterocycles. The number of para-hydroxylation sites is 1. The van der Waals surface area contributed by atoms with Crippen LogP contribution in [-0.2, 0) is 27.8 Å². The van der Waals surface area contributed by atoms with Crippen LogP contribution in [0, 0.1) is 0 Å². The predicted octanol–water partition coefficient (Wildman–Crippen LogP) is 2.65. The van der Waals surface area contributed by atoms with Crippen LogP contribution in [0.15, 0.2) is 47.4 Å². The molecule has 0 aromatic heterocycles. The first-order valence-electron chi connectivity index (χ1n) is 7.80. The van der Waals surface area contributed by atoms with E-state index in [1.165, 1.54) is 36.4 Å². The van der Waals surface area contributed by atoms with Crippen LogP contribution in [0.3, 0.4) is 0 Å². The molecule has 0 aliphatic carbocycles. The topological polar surface area (TPSA) is 84.5 Å². The van der Waals surface area contributed by atoms with E-state index in [0.717, 1.165) is 5.56 Å². The molecule has 138 valence electrons. The lowest BCUT2D eigenvalue weighted by Gasteiger charge is -2.18. The van der Waals surface area contributed by atoms with Crippen molar-refractivity contribution in [1.29, 1.82) is 0 Å². The van der Waals surface area contributed by atoms with Crippen LogP contribution in [-0.4, -0.2) is 20.9 Å². The van der Waals surface area contributed by atoms with Gasteiger partial charge in [-0.25, -0.2) is 13.1 Å². The molecule has 2 aromatic rings. The SMILES string of the molecule is O=C1CCc2cc(S(=O)(=O)NCc3ccccc3OC(F)F)ccc2N1. The highest BCUT2D eigenvalue weighted by Crippen LogP contribution is 2.26. The standard InChI is InChI=1S/C17H16F2N2O4S/c18-17(19)25-15-4-2-1-3-12(15)10-20-26(23,24)13-6-7-14-11(9-13)5-8-16(22)21-14/h1-4,6-7,9,17,20H,5,8,10H2,(H,21,22). The molecule has 0 saturated heterocycles. The number of rotatable bonds is 6. The van der Waals surface area contributed by atoms with Gasteiger partial charge in [-0.15, -0.1) is 0 Å². The van der Waals surface area contributed by atoms with Crippen LogP contribution in [0.2, 0.25) is 0 Å². The van der Waals surface area contributed by atoms with E-state index in [0.29, 0.717) is 24.1 Å². The van der Waals surface area contributed by atoms with Crippen molar-refractivity contribution in [2.45, 2.75) is 30.9 Å². The van der Waals surface area contributed by atoms with E-state index >= 15 is 0 Å². The van der Waals surface area contributed by atoms with Gasteiger partial charge < -0.3 is 10.1 Å². The van der Waals surface area contributed by atoms with Crippen molar-refractivity contribution in [3.05, 3.63) is 53.6 Å². The van der Waals surface area contributed by atoms with E-state index in [-0.39, 0.29) is 23.1 Å². The van der Waals surface area contributed by atoms with E-state index in [4.69, 9.17) is 0 Å². The second-order valence-corrected chi connectivity index (χ2v) is 7.44. The minimum Gasteiger partial charge on any atom is -0.434 e. The van der Waals surface area contributed by atoms with E-state index in [2.05, 4.69) is 14.8 Å². The number of anilines is 1. The van der Waals surface area contributed by atoms with Gasteiger partial charge in [-0.1, -0.05) is 18.2 Å². The Morgan fingerprint density at radius 2 is 1.92 bits per heavy atom. The number of benzene rings is 2. The zero-order valence-electron chi connectivity index (χ0n) is 13.5. The highest BCUT2D eigenvalue weighted by atomic mass is 32.2. The second kappa shape index (κ2) is 7.38. The summed E-state index contributed by atoms with van der Waals surface area (Å²) in [5, 5.41) is 2.68. The average molecular weight is 382 g/mol. The summed E-state index contributed by atoms with van der Waals surface area (Å²) in [5.74, 6) is -0.194. The molecule has 0 atom stereocenters. The monoisotopic (exact) mass is 382 g/mol. The first-order valence-corrected chi connectivity index (χ1v) is 9.28. The quantitative estimate of drug-likeness (QED) is 0.805. The molecule has 0 bridgehead atoms. The van der Waals surface area contributed by atoms with E-state index in [1.54, 1.807) is 6.07 Å². The minimum absolute atomic E-state index is 0.0414. The Morgan fingerprint density at radius 3 is 2.69 bits per heavy atom. The third-order valence-electron chi connectivity index (χ3n) is 3.92. The summed E-state index contributed by atoms with van der Waals surface area (Å²) in [7, 11) is -3.86. The van der Waals surface area contributed by atoms with Crippen molar-refractivity contribution in [1.82, 2.24) is 4.72 Å². The summed E-state index contributed by atoms with van der Waals surface area (Å²) in [6.45, 7) is -3.19. The van der Waals surface area contributed by atoms with Gasteiger partial charge in [0.25, 0.3) is 0 Å². The lowest BCUT2D eigenvalue weighted by molar-refractivity contribution is -0.116. The lowest BCUT2D eigenvalue weighted by atomic mass is 10.0. The van der Waals surface area contributed by atoms with Crippen molar-refractivity contribution in [2.75, 3.05) is 5.32 Å². The maximum absolute atomic E-state index is 12.5. The maximum Gasteiger partial charge on any atom is 0.387 e. The molecule has 2 N–H and O–H groups in total. The molecular formula is C17H16F2N2O4S. The van der Waals surface area contributed by atoms with Crippen molar-refractivity contribution >= 4 is 21.6 Å². The number of halogens is 2. The van der Waals surface area contributed by atoms with Gasteiger partial charge in [0, 0.05) is 24.2 Å². The third kappa shape index (κ3) is 4.17. The zero-order valence-corrected chi connectivity index (χ0v) is 14.4. The summed E-state index contributed by atoms with van der Waals surface area (Å²) < 4.78 is 56.7. The molecule has 6 nitrogen and oxygen atoms in total. The number of nitrogens with one attached hydrogen (secondary N) is 2. The molecular weight excluding hydrogens is 366 g/mol. The van der Waals surface area contributed by atoms with Gasteiger partial charge >= 0.3 is 6.61 Å². The summed E-state index contributed by atoms with van der Waals surface area (Å²) in [4.78, 5) is 11.4. The molecule has 1 amide bonds. The number of sulfonamides is 1. The first-order chi connectivity index (χ1) is 12.3. The molecule has 1 heterocycles. The Hall–Kier alpha value is -2.52. The van der Waals surface area contributed by atoms with Gasteiger partial charge in [0.2, 0.25) is 15.9 Å². The normalized spacial score (nSPS) is 14.0.